The highest BCUT2D eigenvalue weighted by Crippen LogP contribution is 2.32. The van der Waals surface area contributed by atoms with Crippen molar-refractivity contribution in [1.82, 2.24) is 19.9 Å². The van der Waals surface area contributed by atoms with Gasteiger partial charge in [-0.1, -0.05) is 0 Å². The molecule has 12 heteroatoms. The predicted molar refractivity (Wildman–Crippen MR) is 123 cm³/mol. The number of carbonyl (C=O) groups excluding carboxylic acids is 1. The first kappa shape index (κ1) is 24.6. The summed E-state index contributed by atoms with van der Waals surface area (Å²) in [6, 6.07) is 4.08. The fourth-order valence-corrected chi connectivity index (χ4v) is 3.96. The summed E-state index contributed by atoms with van der Waals surface area (Å²) < 4.78 is 56.7. The Morgan fingerprint density at radius 3 is 2.69 bits per heavy atom. The van der Waals surface area contributed by atoms with E-state index >= 15 is 0 Å². The Hall–Kier alpha value is -3.54. The van der Waals surface area contributed by atoms with Gasteiger partial charge in [-0.25, -0.2) is 19.2 Å². The van der Waals surface area contributed by atoms with Crippen LogP contribution in [0.4, 0.5) is 34.0 Å². The Morgan fingerprint density at radius 2 is 1.97 bits per heavy atom. The summed E-state index contributed by atoms with van der Waals surface area (Å²) in [5.74, 6) is -0.190. The van der Waals surface area contributed by atoms with E-state index in [1.807, 2.05) is 13.0 Å². The summed E-state index contributed by atoms with van der Waals surface area (Å²) in [6.07, 6.45) is -3.26. The number of amides is 2. The summed E-state index contributed by atoms with van der Waals surface area (Å²) in [7, 11) is 1.71. The van der Waals surface area contributed by atoms with Crippen molar-refractivity contribution in [3.05, 3.63) is 41.5 Å². The van der Waals surface area contributed by atoms with E-state index in [9.17, 15) is 22.4 Å². The zero-order chi connectivity index (χ0) is 25.3. The Labute approximate surface area is 198 Å². The summed E-state index contributed by atoms with van der Waals surface area (Å²) in [5.41, 5.74) is 3.16. The molecule has 1 saturated heterocycles. The molecule has 1 aromatic carbocycles. The number of aryl methyl sites for hydroxylation is 2. The lowest BCUT2D eigenvalue weighted by molar-refractivity contribution is -0.183. The molecule has 3 heterocycles. The Kier molecular flexibility index (Phi) is 6.75. The lowest BCUT2D eigenvalue weighted by atomic mass is 9.97. The van der Waals surface area contributed by atoms with E-state index in [2.05, 4.69) is 25.6 Å². The number of hydrogen-bond donors (Lipinski definition) is 2. The second-order valence-corrected chi connectivity index (χ2v) is 8.34. The van der Waals surface area contributed by atoms with E-state index in [0.717, 1.165) is 5.56 Å². The molecule has 1 fully saturated rings. The summed E-state index contributed by atoms with van der Waals surface area (Å²) in [4.78, 5) is 27.1. The van der Waals surface area contributed by atoms with Gasteiger partial charge in [-0.05, 0) is 49.6 Å². The van der Waals surface area contributed by atoms with E-state index in [1.54, 1.807) is 20.2 Å². The molecule has 0 spiro atoms. The molecule has 186 valence electrons. The smallest absolute Gasteiger partial charge is 0.367 e. The van der Waals surface area contributed by atoms with Gasteiger partial charge in [0.05, 0.1) is 11.8 Å². The number of ether oxygens (including phenoxy) is 1. The maximum absolute atomic E-state index is 14.7. The quantitative estimate of drug-likeness (QED) is 0.503. The van der Waals surface area contributed by atoms with Crippen molar-refractivity contribution >= 4 is 28.7 Å². The minimum Gasteiger partial charge on any atom is -0.367 e. The molecule has 2 aromatic heterocycles. The van der Waals surface area contributed by atoms with Gasteiger partial charge < -0.3 is 20.3 Å². The lowest BCUT2D eigenvalue weighted by Gasteiger charge is -2.19. The highest BCUT2D eigenvalue weighted by Gasteiger charge is 2.33. The number of halogens is 4. The van der Waals surface area contributed by atoms with Gasteiger partial charge in [0, 0.05) is 43.0 Å². The van der Waals surface area contributed by atoms with Crippen LogP contribution in [0.25, 0.3) is 22.2 Å². The predicted octanol–water partition coefficient (Wildman–Crippen LogP) is 4.67. The number of rotatable bonds is 5. The fourth-order valence-electron chi connectivity index (χ4n) is 3.96. The Balaban J connectivity index is 1.55. The van der Waals surface area contributed by atoms with Gasteiger partial charge >= 0.3 is 12.2 Å². The van der Waals surface area contributed by atoms with Crippen molar-refractivity contribution in [2.75, 3.05) is 37.4 Å². The van der Waals surface area contributed by atoms with Crippen molar-refractivity contribution in [3.63, 3.8) is 0 Å². The van der Waals surface area contributed by atoms with Crippen LogP contribution >= 0.6 is 0 Å². The molecule has 0 aliphatic carbocycles. The minimum atomic E-state index is -4.44. The zero-order valence-electron chi connectivity index (χ0n) is 19.3. The third-order valence-corrected chi connectivity index (χ3v) is 5.74. The number of fused-ring (bicyclic) bond motifs is 1. The third kappa shape index (κ3) is 5.59. The number of urea groups is 1. The first-order valence-corrected chi connectivity index (χ1v) is 10.9. The number of nitrogens with zero attached hydrogens (tertiary/aromatic N) is 4. The maximum atomic E-state index is 14.7. The van der Waals surface area contributed by atoms with Crippen LogP contribution in [0.3, 0.4) is 0 Å². The van der Waals surface area contributed by atoms with Crippen molar-refractivity contribution in [3.8, 4) is 11.1 Å². The van der Waals surface area contributed by atoms with Crippen LogP contribution in [-0.4, -0.2) is 64.9 Å². The van der Waals surface area contributed by atoms with E-state index in [-0.39, 0.29) is 25.2 Å². The number of aromatic nitrogens is 3. The molecule has 1 aliphatic rings. The van der Waals surface area contributed by atoms with Crippen LogP contribution in [0.15, 0.2) is 24.4 Å². The molecule has 0 radical (unpaired) electrons. The van der Waals surface area contributed by atoms with E-state index < -0.39 is 30.7 Å². The van der Waals surface area contributed by atoms with E-state index in [0.29, 0.717) is 33.8 Å². The zero-order valence-corrected chi connectivity index (χ0v) is 19.3. The molecule has 3 aromatic rings. The monoisotopic (exact) mass is 492 g/mol. The average Bonchev–Trinajstić information content (AvgIpc) is 3.28. The molecule has 0 bridgehead atoms. The van der Waals surface area contributed by atoms with Crippen molar-refractivity contribution < 1.29 is 27.1 Å². The van der Waals surface area contributed by atoms with Crippen molar-refractivity contribution in [1.29, 1.82) is 0 Å². The van der Waals surface area contributed by atoms with E-state index in [1.165, 1.54) is 17.0 Å². The third-order valence-electron chi connectivity index (χ3n) is 5.74. The molecule has 2 N–H and O–H groups in total. The summed E-state index contributed by atoms with van der Waals surface area (Å²) >= 11 is 0. The topological polar surface area (TPSA) is 92.3 Å². The van der Waals surface area contributed by atoms with Crippen LogP contribution in [0.1, 0.15) is 17.7 Å². The highest BCUT2D eigenvalue weighted by molar-refractivity contribution is 5.91. The van der Waals surface area contributed by atoms with Crippen LogP contribution < -0.4 is 10.6 Å². The van der Waals surface area contributed by atoms with Gasteiger partial charge in [0.1, 0.15) is 12.4 Å². The largest absolute Gasteiger partial charge is 0.411 e. The van der Waals surface area contributed by atoms with Crippen molar-refractivity contribution in [2.45, 2.75) is 32.5 Å². The standard InChI is InChI=1S/C23H24F4N6O2/c1-12-6-18(24)19(31-22(34)33-5-4-15(10-33)35-11-23(25,26)27)8-16(12)17-7-14-9-29-21(28-3)32-20(14)30-13(17)2/h6-9,15H,4-5,10-11H2,1-3H3,(H,31,34)(H,28,29,30,32)/t15-/m1/s1. The van der Waals surface area contributed by atoms with Gasteiger partial charge in [-0.3, -0.25) is 0 Å². The molecule has 0 saturated carbocycles. The number of alkyl halides is 3. The number of hydrogen-bond acceptors (Lipinski definition) is 6. The Morgan fingerprint density at radius 1 is 1.20 bits per heavy atom. The first-order valence-electron chi connectivity index (χ1n) is 10.9. The first-order chi connectivity index (χ1) is 16.5. The second-order valence-electron chi connectivity index (χ2n) is 8.34. The molecule has 1 aliphatic heterocycles. The molecule has 4 rings (SSSR count). The number of anilines is 2. The molecule has 2 amide bonds. The fraction of sp³-hybridized carbons (Fsp3) is 0.391. The van der Waals surface area contributed by atoms with Gasteiger partial charge in [0.2, 0.25) is 5.95 Å². The molecule has 35 heavy (non-hydrogen) atoms. The maximum Gasteiger partial charge on any atom is 0.411 e. The summed E-state index contributed by atoms with van der Waals surface area (Å²) in [6.45, 7) is 2.38. The average molecular weight is 492 g/mol. The molecule has 8 nitrogen and oxygen atoms in total. The SMILES string of the molecule is CNc1ncc2cc(-c3cc(NC(=O)N4CC[C@@H](OCC(F)(F)F)C4)c(F)cc3C)c(C)nc2n1. The van der Waals surface area contributed by atoms with E-state index in [4.69, 9.17) is 4.74 Å². The van der Waals surface area contributed by atoms with Crippen LogP contribution in [0.2, 0.25) is 0 Å². The number of pyridine rings is 1. The highest BCUT2D eigenvalue weighted by atomic mass is 19.4. The molecular formula is C23H24F4N6O2. The number of carbonyl (C=O) groups is 1. The van der Waals surface area contributed by atoms with Gasteiger partial charge in [0.25, 0.3) is 0 Å². The van der Waals surface area contributed by atoms with Gasteiger partial charge in [-0.2, -0.15) is 18.2 Å². The molecule has 1 atom stereocenters. The summed E-state index contributed by atoms with van der Waals surface area (Å²) in [5, 5.41) is 6.09. The van der Waals surface area contributed by atoms with Gasteiger partial charge in [-0.15, -0.1) is 0 Å². The normalized spacial score (nSPS) is 16.1. The van der Waals surface area contributed by atoms with Crippen LogP contribution in [0.5, 0.6) is 0 Å². The number of nitrogens with one attached hydrogen (secondary N) is 2. The molecular weight excluding hydrogens is 468 g/mol. The van der Waals surface area contributed by atoms with Gasteiger partial charge in [0.15, 0.2) is 5.65 Å². The Bertz CT molecular complexity index is 1270. The van der Waals surface area contributed by atoms with Crippen LogP contribution in [0, 0.1) is 19.7 Å². The minimum absolute atomic E-state index is 0.00937. The number of benzene rings is 1. The lowest BCUT2D eigenvalue weighted by Crippen LogP contribution is -2.34. The molecule has 0 unspecified atom stereocenters. The second kappa shape index (κ2) is 9.61. The van der Waals surface area contributed by atoms with Crippen LogP contribution in [-0.2, 0) is 4.74 Å². The number of likely N-dealkylation sites (tertiary alicyclic amines) is 1. The van der Waals surface area contributed by atoms with Crippen molar-refractivity contribution in [2.24, 2.45) is 0 Å².